The maximum atomic E-state index is 4.77. The Morgan fingerprint density at radius 3 is 2.33 bits per heavy atom. The van der Waals surface area contributed by atoms with Crippen molar-refractivity contribution in [2.45, 2.75) is 4.34 Å². The molecule has 1 rings (SSSR count). The number of hydrogen-bond donors (Lipinski definition) is 0. The zero-order valence-corrected chi connectivity index (χ0v) is 6.79. The molecule has 0 saturated heterocycles. The lowest BCUT2D eigenvalue weighted by Gasteiger charge is -2.03. The van der Waals surface area contributed by atoms with Crippen LogP contribution in [0.3, 0.4) is 0 Å². The summed E-state index contributed by atoms with van der Waals surface area (Å²) in [5.41, 5.74) is 0. The first-order chi connectivity index (χ1) is 4.20. The third-order valence-corrected chi connectivity index (χ3v) is 2.00. The maximum absolute atomic E-state index is 4.77. The topological polar surface area (TPSA) is 29.0 Å². The molecule has 0 saturated carbocycles. The molecule has 0 unspecified atom stereocenters. The van der Waals surface area contributed by atoms with Gasteiger partial charge in [0.25, 0.3) is 0 Å². The molecule has 0 atom stereocenters. The Hall–Kier alpha value is -0.420. The Morgan fingerprint density at radius 1 is 1.44 bits per heavy atom. The summed E-state index contributed by atoms with van der Waals surface area (Å²) in [6.07, 6.45) is 0. The van der Waals surface area contributed by atoms with E-state index in [0.29, 0.717) is 4.34 Å². The summed E-state index contributed by atoms with van der Waals surface area (Å²) in [5, 5.41) is 8.35. The second kappa shape index (κ2) is 2.45. The highest BCUT2D eigenvalue weighted by Crippen LogP contribution is 2.19. The third kappa shape index (κ3) is 1.49. The fourth-order valence-electron chi connectivity index (χ4n) is 0.383. The Kier molecular flexibility index (Phi) is 1.82. The SMILES string of the molecule is CN(C)c1nnc([S])s1. The van der Waals surface area contributed by atoms with Crippen LogP contribution >= 0.6 is 24.0 Å². The van der Waals surface area contributed by atoms with Crippen LogP contribution in [0.25, 0.3) is 0 Å². The molecular formula is C4H6N3S2. The predicted octanol–water partition coefficient (Wildman–Crippen LogP) is 1.16. The lowest BCUT2D eigenvalue weighted by Crippen LogP contribution is -2.07. The van der Waals surface area contributed by atoms with Gasteiger partial charge in [-0.25, -0.2) is 0 Å². The quantitative estimate of drug-likeness (QED) is 0.617. The minimum Gasteiger partial charge on any atom is -0.353 e. The van der Waals surface area contributed by atoms with Crippen LogP contribution in [0, 0.1) is 0 Å². The van der Waals surface area contributed by atoms with Crippen molar-refractivity contribution >= 4 is 29.1 Å². The summed E-state index contributed by atoms with van der Waals surface area (Å²) in [7, 11) is 3.82. The minimum absolute atomic E-state index is 0.596. The molecule has 3 nitrogen and oxygen atoms in total. The third-order valence-electron chi connectivity index (χ3n) is 0.778. The van der Waals surface area contributed by atoms with Crippen LogP contribution in [-0.2, 0) is 0 Å². The Balaban J connectivity index is 2.85. The number of anilines is 1. The average molecular weight is 160 g/mol. The van der Waals surface area contributed by atoms with Crippen molar-refractivity contribution in [2.75, 3.05) is 19.0 Å². The smallest absolute Gasteiger partial charge is 0.208 e. The molecule has 0 aliphatic heterocycles. The molecule has 0 bridgehead atoms. The first-order valence-corrected chi connectivity index (χ1v) is 3.60. The fraction of sp³-hybridized carbons (Fsp3) is 0.500. The van der Waals surface area contributed by atoms with Crippen LogP contribution < -0.4 is 4.90 Å². The predicted molar refractivity (Wildman–Crippen MR) is 40.1 cm³/mol. The van der Waals surface area contributed by atoms with Crippen LogP contribution in [0.1, 0.15) is 0 Å². The van der Waals surface area contributed by atoms with Crippen molar-refractivity contribution < 1.29 is 0 Å². The van der Waals surface area contributed by atoms with Crippen LogP contribution in [-0.4, -0.2) is 24.3 Å². The Bertz CT molecular complexity index is 195. The van der Waals surface area contributed by atoms with E-state index >= 15 is 0 Å². The van der Waals surface area contributed by atoms with Crippen molar-refractivity contribution in [1.82, 2.24) is 10.2 Å². The number of nitrogens with zero attached hydrogens (tertiary/aromatic N) is 3. The molecule has 0 N–H and O–H groups in total. The van der Waals surface area contributed by atoms with Gasteiger partial charge in [-0.15, -0.1) is 10.2 Å². The van der Waals surface area contributed by atoms with Gasteiger partial charge in [-0.2, -0.15) is 0 Å². The number of hydrogen-bond acceptors (Lipinski definition) is 4. The average Bonchev–Trinajstić information content (AvgIpc) is 2.14. The molecule has 0 aliphatic carbocycles. The second-order valence-electron chi connectivity index (χ2n) is 1.74. The summed E-state index contributed by atoms with van der Waals surface area (Å²) < 4.78 is 0.596. The Labute approximate surface area is 63.1 Å². The van der Waals surface area contributed by atoms with Gasteiger partial charge in [0.05, 0.1) is 0 Å². The van der Waals surface area contributed by atoms with Gasteiger partial charge in [-0.05, 0) is 12.6 Å². The van der Waals surface area contributed by atoms with Gasteiger partial charge in [0, 0.05) is 14.1 Å². The van der Waals surface area contributed by atoms with Crippen molar-refractivity contribution in [3.63, 3.8) is 0 Å². The summed E-state index contributed by atoms with van der Waals surface area (Å²) in [5.74, 6) is 0. The van der Waals surface area contributed by atoms with E-state index in [9.17, 15) is 0 Å². The molecule has 0 amide bonds. The summed E-state index contributed by atoms with van der Waals surface area (Å²) in [6.45, 7) is 0. The van der Waals surface area contributed by atoms with Crippen molar-refractivity contribution in [3.8, 4) is 0 Å². The highest BCUT2D eigenvalue weighted by molar-refractivity contribution is 7.82. The van der Waals surface area contributed by atoms with E-state index in [-0.39, 0.29) is 0 Å². The summed E-state index contributed by atoms with van der Waals surface area (Å²) in [4.78, 5) is 1.88. The molecule has 0 spiro atoms. The van der Waals surface area contributed by atoms with E-state index in [4.69, 9.17) is 12.6 Å². The van der Waals surface area contributed by atoms with E-state index in [1.165, 1.54) is 11.3 Å². The zero-order chi connectivity index (χ0) is 6.85. The van der Waals surface area contributed by atoms with Gasteiger partial charge in [0.15, 0.2) is 0 Å². The second-order valence-corrected chi connectivity index (χ2v) is 3.35. The van der Waals surface area contributed by atoms with Gasteiger partial charge in [0.1, 0.15) is 0 Å². The standard InChI is InChI=1S/C4H6N3S2/c1-7(2)3-5-6-4(8)9-3/h1-2H3. The molecule has 1 aromatic heterocycles. The largest absolute Gasteiger partial charge is 0.353 e. The number of aromatic nitrogens is 2. The van der Waals surface area contributed by atoms with Crippen LogP contribution in [0.2, 0.25) is 0 Å². The van der Waals surface area contributed by atoms with E-state index in [0.717, 1.165) is 5.13 Å². The van der Waals surface area contributed by atoms with Gasteiger partial charge >= 0.3 is 0 Å². The van der Waals surface area contributed by atoms with Gasteiger partial charge in [-0.3, -0.25) is 0 Å². The number of rotatable bonds is 1. The highest BCUT2D eigenvalue weighted by atomic mass is 32.2. The molecule has 1 aromatic rings. The molecule has 0 aliphatic rings. The minimum atomic E-state index is 0.596. The summed E-state index contributed by atoms with van der Waals surface area (Å²) in [6, 6.07) is 0. The first-order valence-electron chi connectivity index (χ1n) is 2.38. The molecule has 5 heteroatoms. The van der Waals surface area contributed by atoms with E-state index in [1.54, 1.807) is 0 Å². The van der Waals surface area contributed by atoms with Gasteiger partial charge in [-0.1, -0.05) is 11.3 Å². The van der Waals surface area contributed by atoms with Crippen molar-refractivity contribution in [2.24, 2.45) is 0 Å². The molecule has 0 fully saturated rings. The molecule has 1 heterocycles. The van der Waals surface area contributed by atoms with Crippen LogP contribution in [0.4, 0.5) is 5.13 Å². The van der Waals surface area contributed by atoms with E-state index < -0.39 is 0 Å². The summed E-state index contributed by atoms with van der Waals surface area (Å²) >= 11 is 6.18. The normalized spacial score (nSPS) is 9.56. The van der Waals surface area contributed by atoms with Crippen LogP contribution in [0.5, 0.6) is 0 Å². The van der Waals surface area contributed by atoms with E-state index in [2.05, 4.69) is 10.2 Å². The molecule has 1 radical (unpaired) electrons. The Morgan fingerprint density at radius 2 is 2.11 bits per heavy atom. The fourth-order valence-corrected chi connectivity index (χ4v) is 1.15. The zero-order valence-electron chi connectivity index (χ0n) is 5.16. The highest BCUT2D eigenvalue weighted by Gasteiger charge is 2.00. The molecule has 9 heavy (non-hydrogen) atoms. The van der Waals surface area contributed by atoms with Crippen LogP contribution in [0.15, 0.2) is 4.34 Å². The van der Waals surface area contributed by atoms with Gasteiger partial charge < -0.3 is 4.90 Å². The van der Waals surface area contributed by atoms with Crippen molar-refractivity contribution in [3.05, 3.63) is 0 Å². The maximum Gasteiger partial charge on any atom is 0.208 e. The van der Waals surface area contributed by atoms with Gasteiger partial charge in [0.2, 0.25) is 9.47 Å². The monoisotopic (exact) mass is 160 g/mol. The lowest BCUT2D eigenvalue weighted by atomic mass is 10.9. The molecule has 49 valence electrons. The molecular weight excluding hydrogens is 154 g/mol. The lowest BCUT2D eigenvalue weighted by molar-refractivity contribution is 0.975. The molecule has 0 aromatic carbocycles. The van der Waals surface area contributed by atoms with E-state index in [1.807, 2.05) is 19.0 Å². The van der Waals surface area contributed by atoms with Crippen molar-refractivity contribution in [1.29, 1.82) is 0 Å². The first kappa shape index (κ1) is 6.70.